The topological polar surface area (TPSA) is 104 Å². The van der Waals surface area contributed by atoms with E-state index in [0.29, 0.717) is 6.61 Å². The molecule has 26 heavy (non-hydrogen) atoms. The Labute approximate surface area is 152 Å². The lowest BCUT2D eigenvalue weighted by Gasteiger charge is -2.46. The van der Waals surface area contributed by atoms with Gasteiger partial charge in [0.05, 0.1) is 12.2 Å². The van der Waals surface area contributed by atoms with Crippen LogP contribution in [0.2, 0.25) is 0 Å². The Morgan fingerprint density at radius 3 is 2.50 bits per heavy atom. The van der Waals surface area contributed by atoms with Gasteiger partial charge in [-0.05, 0) is 25.7 Å². The number of nitrogens with zero attached hydrogens (tertiary/aromatic N) is 1. The molecule has 7 heteroatoms. The molecule has 1 amide bonds. The predicted molar refractivity (Wildman–Crippen MR) is 92.4 cm³/mol. The van der Waals surface area contributed by atoms with E-state index in [-0.39, 0.29) is 56.9 Å². The average Bonchev–Trinajstić information content (AvgIpc) is 3.05. The molecule has 0 aromatic heterocycles. The molecule has 2 fully saturated rings. The lowest BCUT2D eigenvalue weighted by atomic mass is 9.66. The summed E-state index contributed by atoms with van der Waals surface area (Å²) < 4.78 is 5.35. The monoisotopic (exact) mass is 363 g/mol. The van der Waals surface area contributed by atoms with Gasteiger partial charge in [0.15, 0.2) is 0 Å². The summed E-state index contributed by atoms with van der Waals surface area (Å²) in [6.45, 7) is 0.742. The summed E-state index contributed by atoms with van der Waals surface area (Å²) in [7, 11) is 0. The van der Waals surface area contributed by atoms with Crippen molar-refractivity contribution in [3.05, 3.63) is 24.3 Å². The summed E-state index contributed by atoms with van der Waals surface area (Å²) in [6, 6.07) is 0. The van der Waals surface area contributed by atoms with Crippen LogP contribution in [0.5, 0.6) is 0 Å². The smallest absolute Gasteiger partial charge is 0.409 e. The van der Waals surface area contributed by atoms with E-state index in [0.717, 1.165) is 6.42 Å². The molecule has 3 aliphatic rings. The summed E-state index contributed by atoms with van der Waals surface area (Å²) >= 11 is 0. The Balaban J connectivity index is 1.56. The average molecular weight is 363 g/mol. The summed E-state index contributed by atoms with van der Waals surface area (Å²) in [5.41, 5.74) is -2.90. The number of aliphatic carboxylic acids is 1. The number of carboxylic acid groups (broad SMARTS) is 1. The number of ether oxygens (including phenoxy) is 1. The van der Waals surface area contributed by atoms with Crippen LogP contribution >= 0.6 is 0 Å². The molecule has 1 saturated heterocycles. The highest BCUT2D eigenvalue weighted by atomic mass is 16.6. The molecule has 0 bridgehead atoms. The normalized spacial score (nSPS) is 30.4. The van der Waals surface area contributed by atoms with Crippen molar-refractivity contribution in [1.82, 2.24) is 4.90 Å². The highest BCUT2D eigenvalue weighted by molar-refractivity contribution is 5.91. The number of rotatable bonds is 4. The van der Waals surface area contributed by atoms with E-state index >= 15 is 0 Å². The van der Waals surface area contributed by atoms with Gasteiger partial charge in [-0.1, -0.05) is 24.3 Å². The third-order valence-electron chi connectivity index (χ3n) is 5.97. The van der Waals surface area contributed by atoms with E-state index in [1.54, 1.807) is 0 Å². The fourth-order valence-electron chi connectivity index (χ4n) is 4.21. The molecule has 0 radical (unpaired) electrons. The number of hydrogen-bond donors (Lipinski definition) is 2. The summed E-state index contributed by atoms with van der Waals surface area (Å²) in [5.74, 6) is -1.08. The minimum atomic E-state index is -1.47. The van der Waals surface area contributed by atoms with Gasteiger partial charge in [0.25, 0.3) is 0 Å². The lowest BCUT2D eigenvalue weighted by Crippen LogP contribution is -2.58. The van der Waals surface area contributed by atoms with Crippen LogP contribution < -0.4 is 0 Å². The lowest BCUT2D eigenvalue weighted by molar-refractivity contribution is -0.176. The van der Waals surface area contributed by atoms with Gasteiger partial charge >= 0.3 is 12.1 Å². The van der Waals surface area contributed by atoms with Crippen LogP contribution in [0.4, 0.5) is 4.79 Å². The van der Waals surface area contributed by atoms with Crippen molar-refractivity contribution in [3.63, 3.8) is 0 Å². The van der Waals surface area contributed by atoms with E-state index in [2.05, 4.69) is 0 Å². The SMILES string of the molecule is O=C1CCC(C(=O)O)(C2(O)CCN(C(=O)OCC3C=CC=CC3)CC2)C1. The van der Waals surface area contributed by atoms with Gasteiger partial charge in [0.2, 0.25) is 0 Å². The van der Waals surface area contributed by atoms with Crippen LogP contribution in [0, 0.1) is 11.3 Å². The minimum absolute atomic E-state index is 0.128. The van der Waals surface area contributed by atoms with Gasteiger partial charge in [-0.3, -0.25) is 9.59 Å². The number of allylic oxidation sites excluding steroid dienone is 3. The van der Waals surface area contributed by atoms with Gasteiger partial charge < -0.3 is 19.8 Å². The van der Waals surface area contributed by atoms with E-state index in [1.165, 1.54) is 4.90 Å². The Hall–Kier alpha value is -2.15. The van der Waals surface area contributed by atoms with Crippen LogP contribution in [0.15, 0.2) is 24.3 Å². The Morgan fingerprint density at radius 1 is 1.23 bits per heavy atom. The number of Topliss-reactive ketones (excluding diaryl/α,β-unsaturated/α-hetero) is 1. The zero-order valence-corrected chi connectivity index (χ0v) is 14.7. The third kappa shape index (κ3) is 3.40. The minimum Gasteiger partial charge on any atom is -0.481 e. The van der Waals surface area contributed by atoms with Crippen molar-refractivity contribution < 1.29 is 29.3 Å². The van der Waals surface area contributed by atoms with E-state index in [9.17, 15) is 24.6 Å². The molecule has 2 atom stereocenters. The molecule has 2 N–H and O–H groups in total. The molecule has 3 rings (SSSR count). The molecule has 2 unspecified atom stereocenters. The van der Waals surface area contributed by atoms with Gasteiger partial charge in [0, 0.05) is 31.8 Å². The summed E-state index contributed by atoms with van der Waals surface area (Å²) in [6.07, 6.45) is 8.76. The van der Waals surface area contributed by atoms with Crippen LogP contribution in [0.1, 0.15) is 38.5 Å². The number of ketones is 1. The highest BCUT2D eigenvalue weighted by Crippen LogP contribution is 2.49. The standard InChI is InChI=1S/C19H25NO6/c21-15-6-7-18(12-15,16(22)23)19(25)8-10-20(11-9-19)17(24)26-13-14-4-2-1-3-5-14/h1-4,14,25H,5-13H2,(H,22,23). The molecule has 1 heterocycles. The maximum Gasteiger partial charge on any atom is 0.409 e. The first-order valence-electron chi connectivity index (χ1n) is 9.09. The van der Waals surface area contributed by atoms with Gasteiger partial charge in [0.1, 0.15) is 11.2 Å². The van der Waals surface area contributed by atoms with Crippen molar-refractivity contribution in [1.29, 1.82) is 0 Å². The number of amides is 1. The maximum atomic E-state index is 12.2. The van der Waals surface area contributed by atoms with Crippen LogP contribution in [-0.2, 0) is 14.3 Å². The Kier molecular flexibility index (Phi) is 5.18. The molecule has 0 aromatic rings. The van der Waals surface area contributed by atoms with Crippen molar-refractivity contribution in [2.45, 2.75) is 44.1 Å². The van der Waals surface area contributed by atoms with E-state index < -0.39 is 23.1 Å². The predicted octanol–water partition coefficient (Wildman–Crippen LogP) is 1.91. The van der Waals surface area contributed by atoms with Gasteiger partial charge in [-0.25, -0.2) is 4.79 Å². The third-order valence-corrected chi connectivity index (χ3v) is 5.97. The van der Waals surface area contributed by atoms with Crippen molar-refractivity contribution in [2.75, 3.05) is 19.7 Å². The first-order valence-corrected chi connectivity index (χ1v) is 9.09. The van der Waals surface area contributed by atoms with Crippen LogP contribution in [0.25, 0.3) is 0 Å². The van der Waals surface area contributed by atoms with Crippen LogP contribution in [0.3, 0.4) is 0 Å². The quantitative estimate of drug-likeness (QED) is 0.791. The number of piperidine rings is 1. The number of hydrogen-bond acceptors (Lipinski definition) is 5. The van der Waals surface area contributed by atoms with Gasteiger partial charge in [-0.15, -0.1) is 0 Å². The second-order valence-electron chi connectivity index (χ2n) is 7.51. The first-order chi connectivity index (χ1) is 12.4. The number of carbonyl (C=O) groups is 3. The molecule has 142 valence electrons. The maximum absolute atomic E-state index is 12.2. The largest absolute Gasteiger partial charge is 0.481 e. The number of aliphatic hydroxyl groups is 1. The molecular formula is C19H25NO6. The zero-order valence-electron chi connectivity index (χ0n) is 14.7. The van der Waals surface area contributed by atoms with Gasteiger partial charge in [-0.2, -0.15) is 0 Å². The molecule has 7 nitrogen and oxygen atoms in total. The highest BCUT2D eigenvalue weighted by Gasteiger charge is 2.60. The second kappa shape index (κ2) is 7.23. The van der Waals surface area contributed by atoms with E-state index in [4.69, 9.17) is 4.74 Å². The number of carboxylic acids is 1. The number of carbonyl (C=O) groups excluding carboxylic acids is 2. The molecule has 2 aliphatic carbocycles. The van der Waals surface area contributed by atoms with Crippen LogP contribution in [-0.4, -0.2) is 58.3 Å². The van der Waals surface area contributed by atoms with Crippen molar-refractivity contribution in [2.24, 2.45) is 11.3 Å². The fraction of sp³-hybridized carbons (Fsp3) is 0.632. The van der Waals surface area contributed by atoms with Crippen molar-refractivity contribution >= 4 is 17.8 Å². The molecule has 1 saturated carbocycles. The molecular weight excluding hydrogens is 338 g/mol. The van der Waals surface area contributed by atoms with E-state index in [1.807, 2.05) is 24.3 Å². The Morgan fingerprint density at radius 2 is 1.96 bits per heavy atom. The molecule has 1 aliphatic heterocycles. The second-order valence-corrected chi connectivity index (χ2v) is 7.51. The molecule has 0 aromatic carbocycles. The number of likely N-dealkylation sites (tertiary alicyclic amines) is 1. The first kappa shape index (κ1) is 18.6. The fourth-order valence-corrected chi connectivity index (χ4v) is 4.21. The zero-order chi connectivity index (χ0) is 18.8. The Bertz CT molecular complexity index is 646. The summed E-state index contributed by atoms with van der Waals surface area (Å²) in [5, 5.41) is 20.7. The van der Waals surface area contributed by atoms with Crippen molar-refractivity contribution in [3.8, 4) is 0 Å². The summed E-state index contributed by atoms with van der Waals surface area (Å²) in [4.78, 5) is 37.3. The molecule has 0 spiro atoms.